The largest absolute Gasteiger partial charge is 0.497 e. The lowest BCUT2D eigenvalue weighted by molar-refractivity contribution is 0.415. The van der Waals surface area contributed by atoms with Crippen LogP contribution in [-0.4, -0.2) is 35.9 Å². The maximum Gasteiger partial charge on any atom is 0.166 e. The second-order valence-corrected chi connectivity index (χ2v) is 5.60. The highest BCUT2D eigenvalue weighted by Gasteiger charge is 2.05. The summed E-state index contributed by atoms with van der Waals surface area (Å²) in [7, 11) is 1.67. The summed E-state index contributed by atoms with van der Waals surface area (Å²) in [6.45, 7) is 8.14. The van der Waals surface area contributed by atoms with E-state index in [1.54, 1.807) is 18.9 Å². The fraction of sp³-hybridized carbons (Fsp3) is 0.400. The van der Waals surface area contributed by atoms with Crippen LogP contribution < -0.4 is 10.1 Å². The topological polar surface area (TPSA) is 49.9 Å². The molecule has 2 N–H and O–H groups in total. The van der Waals surface area contributed by atoms with Crippen LogP contribution in [0.1, 0.15) is 13.3 Å². The summed E-state index contributed by atoms with van der Waals surface area (Å²) in [6, 6.07) is 5.85. The zero-order chi connectivity index (χ0) is 14.4. The van der Waals surface area contributed by atoms with Crippen molar-refractivity contribution < 1.29 is 4.74 Å². The highest BCUT2D eigenvalue weighted by atomic mass is 32.2. The molecule has 0 saturated carbocycles. The van der Waals surface area contributed by atoms with Gasteiger partial charge in [0.15, 0.2) is 5.16 Å². The Kier molecular flexibility index (Phi) is 5.49. The lowest BCUT2D eigenvalue weighted by atomic mass is 10.3. The Labute approximate surface area is 124 Å². The first-order chi connectivity index (χ1) is 9.72. The van der Waals surface area contributed by atoms with Gasteiger partial charge in [-0.25, -0.2) is 4.98 Å². The van der Waals surface area contributed by atoms with E-state index < -0.39 is 0 Å². The van der Waals surface area contributed by atoms with Gasteiger partial charge in [0.05, 0.1) is 18.1 Å². The molecule has 0 bridgehead atoms. The predicted molar refractivity (Wildman–Crippen MR) is 85.7 cm³/mol. The Hall–Kier alpha value is -1.46. The Bertz CT molecular complexity index is 580. The molecule has 20 heavy (non-hydrogen) atoms. The minimum Gasteiger partial charge on any atom is -0.497 e. The fourth-order valence-electron chi connectivity index (χ4n) is 1.82. The van der Waals surface area contributed by atoms with E-state index in [0.717, 1.165) is 47.2 Å². The van der Waals surface area contributed by atoms with Gasteiger partial charge >= 0.3 is 0 Å². The first-order valence-electron chi connectivity index (χ1n) is 6.77. The van der Waals surface area contributed by atoms with Crippen LogP contribution in [-0.2, 0) is 0 Å². The monoisotopic (exact) mass is 291 g/mol. The van der Waals surface area contributed by atoms with Crippen LogP contribution in [0.15, 0.2) is 35.5 Å². The molecule has 0 amide bonds. The molecule has 4 nitrogen and oxygen atoms in total. The van der Waals surface area contributed by atoms with Crippen molar-refractivity contribution in [3.63, 3.8) is 0 Å². The molecule has 1 aromatic carbocycles. The molecular formula is C15H21N3OS. The van der Waals surface area contributed by atoms with E-state index in [-0.39, 0.29) is 0 Å². The van der Waals surface area contributed by atoms with Crippen LogP contribution >= 0.6 is 11.8 Å². The summed E-state index contributed by atoms with van der Waals surface area (Å²) in [6.07, 6.45) is 1.14. The number of aromatic nitrogens is 2. The van der Waals surface area contributed by atoms with Crippen molar-refractivity contribution in [3.05, 3.63) is 30.4 Å². The number of methoxy groups -OCH3 is 1. The minimum atomic E-state index is 0.839. The summed E-state index contributed by atoms with van der Waals surface area (Å²) in [5, 5.41) is 4.27. The van der Waals surface area contributed by atoms with E-state index in [4.69, 9.17) is 4.74 Å². The van der Waals surface area contributed by atoms with Crippen molar-refractivity contribution in [1.82, 2.24) is 15.3 Å². The Balaban J connectivity index is 1.91. The molecule has 1 heterocycles. The second-order valence-electron chi connectivity index (χ2n) is 4.64. The summed E-state index contributed by atoms with van der Waals surface area (Å²) < 4.78 is 5.21. The van der Waals surface area contributed by atoms with Gasteiger partial charge in [-0.2, -0.15) is 0 Å². The van der Waals surface area contributed by atoms with Crippen molar-refractivity contribution >= 4 is 22.8 Å². The maximum atomic E-state index is 5.21. The molecule has 0 unspecified atom stereocenters. The summed E-state index contributed by atoms with van der Waals surface area (Å²) in [5.74, 6) is 1.71. The molecule has 0 saturated heterocycles. The van der Waals surface area contributed by atoms with Crippen LogP contribution in [0.2, 0.25) is 0 Å². The number of benzene rings is 1. The lowest BCUT2D eigenvalue weighted by Crippen LogP contribution is -2.18. The van der Waals surface area contributed by atoms with E-state index >= 15 is 0 Å². The maximum absolute atomic E-state index is 5.21. The van der Waals surface area contributed by atoms with Crippen molar-refractivity contribution in [1.29, 1.82) is 0 Å². The van der Waals surface area contributed by atoms with Crippen LogP contribution in [0.3, 0.4) is 0 Å². The lowest BCUT2D eigenvalue weighted by Gasteiger charge is -2.05. The van der Waals surface area contributed by atoms with Crippen molar-refractivity contribution in [2.24, 2.45) is 0 Å². The van der Waals surface area contributed by atoms with Gasteiger partial charge in [0.1, 0.15) is 5.75 Å². The summed E-state index contributed by atoms with van der Waals surface area (Å²) >= 11 is 1.68. The average molecular weight is 291 g/mol. The van der Waals surface area contributed by atoms with Gasteiger partial charge in [-0.15, -0.1) is 0 Å². The third-order valence-electron chi connectivity index (χ3n) is 2.88. The molecule has 0 spiro atoms. The summed E-state index contributed by atoms with van der Waals surface area (Å²) in [5.41, 5.74) is 3.14. The predicted octanol–water partition coefficient (Wildman–Crippen LogP) is 3.22. The number of fused-ring (bicyclic) bond motifs is 1. The zero-order valence-electron chi connectivity index (χ0n) is 12.0. The van der Waals surface area contributed by atoms with E-state index in [2.05, 4.69) is 28.8 Å². The van der Waals surface area contributed by atoms with Gasteiger partial charge in [-0.1, -0.05) is 30.8 Å². The molecular weight excluding hydrogens is 270 g/mol. The molecule has 2 rings (SSSR count). The van der Waals surface area contributed by atoms with E-state index in [0.29, 0.717) is 0 Å². The number of aromatic amines is 1. The highest BCUT2D eigenvalue weighted by molar-refractivity contribution is 7.99. The fourth-order valence-corrected chi connectivity index (χ4v) is 2.61. The number of rotatable bonds is 8. The molecule has 2 aromatic rings. The van der Waals surface area contributed by atoms with Crippen LogP contribution in [0.25, 0.3) is 11.0 Å². The molecule has 1 aromatic heterocycles. The van der Waals surface area contributed by atoms with E-state index in [9.17, 15) is 0 Å². The van der Waals surface area contributed by atoms with Crippen molar-refractivity contribution in [3.8, 4) is 5.75 Å². The molecule has 5 heteroatoms. The first kappa shape index (κ1) is 14.9. The van der Waals surface area contributed by atoms with Crippen LogP contribution in [0.4, 0.5) is 0 Å². The normalized spacial score (nSPS) is 10.9. The first-order valence-corrected chi connectivity index (χ1v) is 7.75. The highest BCUT2D eigenvalue weighted by Crippen LogP contribution is 2.23. The molecule has 0 aliphatic heterocycles. The Morgan fingerprint density at radius 3 is 3.10 bits per heavy atom. The quantitative estimate of drug-likeness (QED) is 0.445. The molecule has 0 aliphatic rings. The standard InChI is InChI=1S/C15H21N3OS/c1-4-7-16-9-11(2)10-20-15-17-13-6-5-12(19-3)8-14(13)18-15/h5-6,8,16H,2,4,7,9-10H2,1,3H3,(H,17,18). The minimum absolute atomic E-state index is 0.839. The Morgan fingerprint density at radius 2 is 2.35 bits per heavy atom. The molecule has 0 fully saturated rings. The average Bonchev–Trinajstić information content (AvgIpc) is 2.87. The van der Waals surface area contributed by atoms with Gasteiger partial charge in [0.25, 0.3) is 0 Å². The number of nitrogens with one attached hydrogen (secondary N) is 2. The zero-order valence-corrected chi connectivity index (χ0v) is 12.8. The van der Waals surface area contributed by atoms with Crippen molar-refractivity contribution in [2.45, 2.75) is 18.5 Å². The third-order valence-corrected chi connectivity index (χ3v) is 3.90. The van der Waals surface area contributed by atoms with Crippen molar-refractivity contribution in [2.75, 3.05) is 26.0 Å². The second kappa shape index (κ2) is 7.36. The van der Waals surface area contributed by atoms with Gasteiger partial charge < -0.3 is 15.0 Å². The molecule has 0 radical (unpaired) electrons. The number of imidazole rings is 1. The molecule has 108 valence electrons. The number of hydrogen-bond donors (Lipinski definition) is 2. The number of H-pyrrole nitrogens is 1. The third kappa shape index (κ3) is 4.02. The SMILES string of the molecule is C=C(CNCCC)CSc1nc2ccc(OC)cc2[nH]1. The van der Waals surface area contributed by atoms with Gasteiger partial charge in [-0.3, -0.25) is 0 Å². The van der Waals surface area contributed by atoms with Gasteiger partial charge in [-0.05, 0) is 25.1 Å². The summed E-state index contributed by atoms with van der Waals surface area (Å²) in [4.78, 5) is 7.85. The van der Waals surface area contributed by atoms with Crippen LogP contribution in [0, 0.1) is 0 Å². The smallest absolute Gasteiger partial charge is 0.166 e. The number of ether oxygens (including phenoxy) is 1. The van der Waals surface area contributed by atoms with Gasteiger partial charge in [0.2, 0.25) is 0 Å². The van der Waals surface area contributed by atoms with E-state index in [1.807, 2.05) is 18.2 Å². The molecule has 0 aliphatic carbocycles. The number of hydrogen-bond acceptors (Lipinski definition) is 4. The van der Waals surface area contributed by atoms with E-state index in [1.165, 1.54) is 5.57 Å². The number of thioether (sulfide) groups is 1. The Morgan fingerprint density at radius 1 is 1.50 bits per heavy atom. The van der Waals surface area contributed by atoms with Gasteiger partial charge in [0, 0.05) is 18.4 Å². The van der Waals surface area contributed by atoms with Crippen LogP contribution in [0.5, 0.6) is 5.75 Å². The number of nitrogens with zero attached hydrogens (tertiary/aromatic N) is 1. The molecule has 0 atom stereocenters.